The van der Waals surface area contributed by atoms with Crippen LogP contribution < -0.4 is 5.32 Å². The minimum Gasteiger partial charge on any atom is -0.355 e. The molecule has 1 aromatic carbocycles. The number of carbonyl (C=O) groups excluding carboxylic acids is 1. The Hall–Kier alpha value is -1.07. The smallest absolute Gasteiger partial charge is 0.233 e. The number of fused-ring (bicyclic) bond motifs is 1. The normalized spacial score (nSPS) is 20.7. The monoisotopic (exact) mass is 278 g/mol. The highest BCUT2D eigenvalue weighted by atomic mass is 32.2. The molecule has 3 nitrogen and oxygen atoms in total. The summed E-state index contributed by atoms with van der Waals surface area (Å²) >= 11 is 3.28. The van der Waals surface area contributed by atoms with Crippen molar-refractivity contribution >= 4 is 39.2 Å². The van der Waals surface area contributed by atoms with E-state index in [4.69, 9.17) is 0 Å². The number of thioether (sulfide) groups is 1. The molecule has 1 aromatic heterocycles. The second-order valence-electron chi connectivity index (χ2n) is 4.34. The highest BCUT2D eigenvalue weighted by Gasteiger charge is 2.23. The van der Waals surface area contributed by atoms with Crippen LogP contribution in [0.15, 0.2) is 28.6 Å². The van der Waals surface area contributed by atoms with Crippen LogP contribution in [0.3, 0.4) is 0 Å². The zero-order valence-electron chi connectivity index (χ0n) is 9.89. The van der Waals surface area contributed by atoms with Gasteiger partial charge in [-0.2, -0.15) is 0 Å². The molecule has 18 heavy (non-hydrogen) atoms. The average Bonchev–Trinajstić information content (AvgIpc) is 2.68. The summed E-state index contributed by atoms with van der Waals surface area (Å²) in [6.45, 7) is 0.815. The Kier molecular flexibility index (Phi) is 3.52. The van der Waals surface area contributed by atoms with Gasteiger partial charge < -0.3 is 5.32 Å². The van der Waals surface area contributed by atoms with Crippen molar-refractivity contribution in [2.75, 3.05) is 6.54 Å². The van der Waals surface area contributed by atoms with Gasteiger partial charge in [-0.15, -0.1) is 11.3 Å². The molecule has 1 atom stereocenters. The van der Waals surface area contributed by atoms with E-state index in [2.05, 4.69) is 16.4 Å². The van der Waals surface area contributed by atoms with E-state index in [1.807, 2.05) is 18.2 Å². The summed E-state index contributed by atoms with van der Waals surface area (Å²) in [5, 5.41) is 2.99. The van der Waals surface area contributed by atoms with Crippen LogP contribution >= 0.6 is 23.1 Å². The lowest BCUT2D eigenvalue weighted by Crippen LogP contribution is -2.30. The van der Waals surface area contributed by atoms with Crippen molar-refractivity contribution in [3.05, 3.63) is 24.3 Å². The Labute approximate surface area is 114 Å². The van der Waals surface area contributed by atoms with Gasteiger partial charge in [0, 0.05) is 6.54 Å². The SMILES string of the molecule is O=C1NCCCCC1Sc1nc2ccccc2s1. The van der Waals surface area contributed by atoms with E-state index in [0.29, 0.717) is 0 Å². The predicted molar refractivity (Wildman–Crippen MR) is 76.1 cm³/mol. The molecule has 0 bridgehead atoms. The van der Waals surface area contributed by atoms with Gasteiger partial charge in [0.15, 0.2) is 4.34 Å². The van der Waals surface area contributed by atoms with Crippen molar-refractivity contribution in [3.8, 4) is 0 Å². The summed E-state index contributed by atoms with van der Waals surface area (Å²) in [5.74, 6) is 0.164. The van der Waals surface area contributed by atoms with Crippen molar-refractivity contribution in [3.63, 3.8) is 0 Å². The third-order valence-electron chi connectivity index (χ3n) is 3.00. The van der Waals surface area contributed by atoms with Crippen molar-refractivity contribution in [1.82, 2.24) is 10.3 Å². The quantitative estimate of drug-likeness (QED) is 0.918. The highest BCUT2D eigenvalue weighted by molar-refractivity contribution is 8.02. The molecule has 1 unspecified atom stereocenters. The Morgan fingerprint density at radius 2 is 2.22 bits per heavy atom. The molecule has 5 heteroatoms. The van der Waals surface area contributed by atoms with Crippen LogP contribution in [0.25, 0.3) is 10.2 Å². The van der Waals surface area contributed by atoms with Crippen LogP contribution in [0, 0.1) is 0 Å². The molecule has 0 radical (unpaired) electrons. The molecule has 0 saturated carbocycles. The third-order valence-corrected chi connectivity index (χ3v) is 5.40. The number of carbonyl (C=O) groups is 1. The first-order valence-electron chi connectivity index (χ1n) is 6.13. The first-order valence-corrected chi connectivity index (χ1v) is 7.82. The lowest BCUT2D eigenvalue weighted by molar-refractivity contribution is -0.120. The number of hydrogen-bond donors (Lipinski definition) is 1. The lowest BCUT2D eigenvalue weighted by Gasteiger charge is -2.09. The predicted octanol–water partition coefficient (Wildman–Crippen LogP) is 3.06. The number of nitrogens with zero attached hydrogens (tertiary/aromatic N) is 1. The molecule has 1 aliphatic rings. The molecule has 0 spiro atoms. The summed E-state index contributed by atoms with van der Waals surface area (Å²) in [5.41, 5.74) is 1.03. The molecule has 1 N–H and O–H groups in total. The van der Waals surface area contributed by atoms with E-state index >= 15 is 0 Å². The van der Waals surface area contributed by atoms with E-state index in [-0.39, 0.29) is 11.2 Å². The molecule has 1 saturated heterocycles. The van der Waals surface area contributed by atoms with E-state index in [9.17, 15) is 4.79 Å². The summed E-state index contributed by atoms with van der Waals surface area (Å²) in [7, 11) is 0. The Balaban J connectivity index is 1.80. The molecule has 1 aliphatic heterocycles. The molecule has 1 amide bonds. The minimum atomic E-state index is 0.0214. The van der Waals surface area contributed by atoms with Gasteiger partial charge >= 0.3 is 0 Å². The van der Waals surface area contributed by atoms with Gasteiger partial charge in [-0.1, -0.05) is 30.3 Å². The van der Waals surface area contributed by atoms with Crippen LogP contribution in [0.4, 0.5) is 0 Å². The summed E-state index contributed by atoms with van der Waals surface area (Å²) in [4.78, 5) is 16.5. The van der Waals surface area contributed by atoms with E-state index < -0.39 is 0 Å². The van der Waals surface area contributed by atoms with Crippen LogP contribution in [-0.4, -0.2) is 22.7 Å². The first kappa shape index (κ1) is 12.0. The van der Waals surface area contributed by atoms with Gasteiger partial charge in [-0.3, -0.25) is 4.79 Å². The van der Waals surface area contributed by atoms with Crippen LogP contribution in [0.5, 0.6) is 0 Å². The van der Waals surface area contributed by atoms with Crippen LogP contribution in [0.1, 0.15) is 19.3 Å². The standard InChI is InChI=1S/C13H14N2OS2/c16-12-11(7-3-4-8-14-12)18-13-15-9-5-1-2-6-10(9)17-13/h1-2,5-6,11H,3-4,7-8H2,(H,14,16). The number of thiazole rings is 1. The Morgan fingerprint density at radius 3 is 3.11 bits per heavy atom. The molecule has 2 aromatic rings. The third kappa shape index (κ3) is 2.52. The van der Waals surface area contributed by atoms with Crippen molar-refractivity contribution in [2.24, 2.45) is 0 Å². The second-order valence-corrected chi connectivity index (χ2v) is 6.82. The number of benzene rings is 1. The number of para-hydroxylation sites is 1. The molecular weight excluding hydrogens is 264 g/mol. The van der Waals surface area contributed by atoms with Gasteiger partial charge in [0.2, 0.25) is 5.91 Å². The van der Waals surface area contributed by atoms with Crippen molar-refractivity contribution in [1.29, 1.82) is 0 Å². The number of hydrogen-bond acceptors (Lipinski definition) is 4. The fourth-order valence-electron chi connectivity index (χ4n) is 2.05. The molecule has 2 heterocycles. The largest absolute Gasteiger partial charge is 0.355 e. The fourth-order valence-corrected chi connectivity index (χ4v) is 4.42. The lowest BCUT2D eigenvalue weighted by atomic mass is 10.2. The van der Waals surface area contributed by atoms with E-state index in [0.717, 1.165) is 35.7 Å². The average molecular weight is 278 g/mol. The van der Waals surface area contributed by atoms with E-state index in [1.165, 1.54) is 4.70 Å². The zero-order chi connectivity index (χ0) is 12.4. The Bertz CT molecular complexity index is 534. The topological polar surface area (TPSA) is 42.0 Å². The van der Waals surface area contributed by atoms with Crippen molar-refractivity contribution < 1.29 is 4.79 Å². The van der Waals surface area contributed by atoms with Gasteiger partial charge in [0.05, 0.1) is 15.5 Å². The molecule has 1 fully saturated rings. The van der Waals surface area contributed by atoms with Crippen LogP contribution in [-0.2, 0) is 4.79 Å². The summed E-state index contributed by atoms with van der Waals surface area (Å²) in [6, 6.07) is 8.11. The van der Waals surface area contributed by atoms with Crippen LogP contribution in [0.2, 0.25) is 0 Å². The first-order chi connectivity index (χ1) is 8.83. The maximum atomic E-state index is 11.9. The van der Waals surface area contributed by atoms with Gasteiger partial charge in [-0.25, -0.2) is 4.98 Å². The number of rotatable bonds is 2. The number of nitrogens with one attached hydrogen (secondary N) is 1. The maximum absolute atomic E-state index is 11.9. The van der Waals surface area contributed by atoms with E-state index in [1.54, 1.807) is 23.1 Å². The maximum Gasteiger partial charge on any atom is 0.233 e. The zero-order valence-corrected chi connectivity index (χ0v) is 11.5. The highest BCUT2D eigenvalue weighted by Crippen LogP contribution is 2.34. The number of aromatic nitrogens is 1. The van der Waals surface area contributed by atoms with Gasteiger partial charge in [0.25, 0.3) is 0 Å². The summed E-state index contributed by atoms with van der Waals surface area (Å²) < 4.78 is 2.19. The Morgan fingerprint density at radius 1 is 1.33 bits per heavy atom. The van der Waals surface area contributed by atoms with Gasteiger partial charge in [0.1, 0.15) is 0 Å². The summed E-state index contributed by atoms with van der Waals surface area (Å²) in [6.07, 6.45) is 3.15. The molecule has 94 valence electrons. The second kappa shape index (κ2) is 5.28. The molecule has 0 aliphatic carbocycles. The fraction of sp³-hybridized carbons (Fsp3) is 0.385. The van der Waals surface area contributed by atoms with Gasteiger partial charge in [-0.05, 0) is 25.0 Å². The van der Waals surface area contributed by atoms with Crippen molar-refractivity contribution in [2.45, 2.75) is 28.9 Å². The number of amides is 1. The molecular formula is C13H14N2OS2. The minimum absolute atomic E-state index is 0.0214. The molecule has 3 rings (SSSR count).